The Morgan fingerprint density at radius 3 is 2.12 bits per heavy atom. The Morgan fingerprint density at radius 2 is 1.56 bits per heavy atom. The summed E-state index contributed by atoms with van der Waals surface area (Å²) in [5, 5.41) is 11.4. The summed E-state index contributed by atoms with van der Waals surface area (Å²) in [5.74, 6) is 0. The molecule has 0 aliphatic heterocycles. The zero-order valence-electron chi connectivity index (χ0n) is 15.0. The third-order valence-electron chi connectivity index (χ3n) is 3.92. The van der Waals surface area contributed by atoms with E-state index in [0.717, 1.165) is 11.1 Å². The topological polar surface area (TPSA) is 80.5 Å². The second-order valence-electron chi connectivity index (χ2n) is 6.41. The lowest BCUT2D eigenvalue weighted by atomic mass is 10.1. The molecule has 134 valence electrons. The molecule has 2 rings (SSSR count). The molecule has 0 heterocycles. The van der Waals surface area contributed by atoms with Crippen LogP contribution in [0, 0.1) is 30.9 Å². The van der Waals surface area contributed by atoms with Gasteiger partial charge in [-0.2, -0.15) is 0 Å². The van der Waals surface area contributed by atoms with Crippen molar-refractivity contribution in [2.24, 2.45) is 0 Å². The molecule has 0 amide bonds. The molecule has 7 heteroatoms. The van der Waals surface area contributed by atoms with Crippen molar-refractivity contribution in [1.29, 1.82) is 0 Å². The molecule has 0 unspecified atom stereocenters. The first-order valence-corrected chi connectivity index (χ1v) is 9.36. The Bertz CT molecular complexity index is 921. The van der Waals surface area contributed by atoms with Crippen LogP contribution in [0.25, 0.3) is 0 Å². The SMILES string of the molecule is Cc1ccc(C)c(N(C(C)C)S(=O)(=O)c2ccc(C)cc2[N+](=O)[O-])c1. The van der Waals surface area contributed by atoms with E-state index in [9.17, 15) is 18.5 Å². The summed E-state index contributed by atoms with van der Waals surface area (Å²) in [7, 11) is -4.09. The van der Waals surface area contributed by atoms with Crippen molar-refractivity contribution in [3.63, 3.8) is 0 Å². The van der Waals surface area contributed by atoms with Crippen LogP contribution in [-0.2, 0) is 10.0 Å². The first kappa shape index (κ1) is 18.9. The van der Waals surface area contributed by atoms with Gasteiger partial charge in [0.1, 0.15) is 0 Å². The number of nitrogens with zero attached hydrogens (tertiary/aromatic N) is 2. The van der Waals surface area contributed by atoms with E-state index in [2.05, 4.69) is 0 Å². The molecular formula is C18H22N2O4S. The number of sulfonamides is 1. The van der Waals surface area contributed by atoms with Gasteiger partial charge in [-0.1, -0.05) is 18.2 Å². The van der Waals surface area contributed by atoms with Gasteiger partial charge in [-0.15, -0.1) is 0 Å². The van der Waals surface area contributed by atoms with Crippen LogP contribution in [0.5, 0.6) is 0 Å². The molecule has 0 aromatic heterocycles. The Labute approximate surface area is 148 Å². The number of benzene rings is 2. The molecule has 2 aromatic rings. The van der Waals surface area contributed by atoms with E-state index >= 15 is 0 Å². The molecule has 0 N–H and O–H groups in total. The van der Waals surface area contributed by atoms with Crippen LogP contribution in [0.4, 0.5) is 11.4 Å². The Hall–Kier alpha value is -2.41. The molecule has 0 spiro atoms. The van der Waals surface area contributed by atoms with Gasteiger partial charge >= 0.3 is 0 Å². The second-order valence-corrected chi connectivity index (χ2v) is 8.20. The maximum atomic E-state index is 13.3. The molecular weight excluding hydrogens is 340 g/mol. The zero-order valence-corrected chi connectivity index (χ0v) is 15.8. The number of nitro benzene ring substituents is 1. The quantitative estimate of drug-likeness (QED) is 0.592. The van der Waals surface area contributed by atoms with Crippen molar-refractivity contribution in [3.05, 3.63) is 63.2 Å². The second kappa shape index (κ2) is 6.84. The molecule has 0 radical (unpaired) electrons. The zero-order chi connectivity index (χ0) is 18.9. The van der Waals surface area contributed by atoms with Gasteiger partial charge in [0.2, 0.25) is 0 Å². The monoisotopic (exact) mass is 362 g/mol. The van der Waals surface area contributed by atoms with Crippen LogP contribution in [0.3, 0.4) is 0 Å². The molecule has 0 saturated carbocycles. The van der Waals surface area contributed by atoms with E-state index < -0.39 is 26.7 Å². The summed E-state index contributed by atoms with van der Waals surface area (Å²) in [6, 6.07) is 9.30. The van der Waals surface area contributed by atoms with Crippen LogP contribution in [0.2, 0.25) is 0 Å². The van der Waals surface area contributed by atoms with Gasteiger partial charge in [0.25, 0.3) is 15.7 Å². The van der Waals surface area contributed by atoms with Crippen molar-refractivity contribution < 1.29 is 13.3 Å². The van der Waals surface area contributed by atoms with Crippen molar-refractivity contribution >= 4 is 21.4 Å². The summed E-state index contributed by atoms with van der Waals surface area (Å²) < 4.78 is 27.8. The van der Waals surface area contributed by atoms with Crippen LogP contribution in [0.1, 0.15) is 30.5 Å². The largest absolute Gasteiger partial charge is 0.290 e. The molecule has 25 heavy (non-hydrogen) atoms. The van der Waals surface area contributed by atoms with Crippen LogP contribution >= 0.6 is 0 Å². The number of rotatable bonds is 5. The van der Waals surface area contributed by atoms with E-state index in [0.29, 0.717) is 11.3 Å². The number of aryl methyl sites for hydroxylation is 3. The van der Waals surface area contributed by atoms with Gasteiger partial charge < -0.3 is 0 Å². The van der Waals surface area contributed by atoms with Crippen molar-refractivity contribution in [3.8, 4) is 0 Å². The maximum absolute atomic E-state index is 13.3. The van der Waals surface area contributed by atoms with Gasteiger partial charge in [0.15, 0.2) is 4.90 Å². The van der Waals surface area contributed by atoms with Gasteiger partial charge in [-0.25, -0.2) is 8.42 Å². The van der Waals surface area contributed by atoms with E-state index in [1.165, 1.54) is 16.4 Å². The molecule has 0 atom stereocenters. The predicted octanol–water partition coefficient (Wildman–Crippen LogP) is 4.12. The number of anilines is 1. The Balaban J connectivity index is 2.75. The van der Waals surface area contributed by atoms with E-state index in [1.54, 1.807) is 32.9 Å². The fraction of sp³-hybridized carbons (Fsp3) is 0.333. The molecule has 0 aliphatic rings. The standard InChI is InChI=1S/C18H22N2O4S/c1-12(2)19(16-10-13(3)6-8-15(16)5)25(23,24)18-9-7-14(4)11-17(18)20(21)22/h6-12H,1-5H3. The Morgan fingerprint density at radius 1 is 1.00 bits per heavy atom. The highest BCUT2D eigenvalue weighted by molar-refractivity contribution is 7.93. The minimum atomic E-state index is -4.09. The first-order chi connectivity index (χ1) is 11.6. The number of hydrogen-bond acceptors (Lipinski definition) is 4. The third-order valence-corrected chi connectivity index (χ3v) is 5.96. The average Bonchev–Trinajstić information content (AvgIpc) is 2.50. The van der Waals surface area contributed by atoms with Gasteiger partial charge in [-0.05, 0) is 63.4 Å². The highest BCUT2D eigenvalue weighted by atomic mass is 32.2. The molecule has 0 bridgehead atoms. The molecule has 6 nitrogen and oxygen atoms in total. The van der Waals surface area contributed by atoms with E-state index in [1.807, 2.05) is 26.0 Å². The molecule has 2 aromatic carbocycles. The summed E-state index contributed by atoms with van der Waals surface area (Å²) >= 11 is 0. The predicted molar refractivity (Wildman–Crippen MR) is 98.6 cm³/mol. The van der Waals surface area contributed by atoms with Gasteiger partial charge in [0, 0.05) is 12.1 Å². The van der Waals surface area contributed by atoms with Crippen molar-refractivity contribution in [2.75, 3.05) is 4.31 Å². The van der Waals surface area contributed by atoms with Crippen molar-refractivity contribution in [1.82, 2.24) is 0 Å². The fourth-order valence-corrected chi connectivity index (χ4v) is 4.60. The van der Waals surface area contributed by atoms with Crippen LogP contribution in [0.15, 0.2) is 41.3 Å². The molecule has 0 saturated heterocycles. The minimum Gasteiger partial charge on any atom is -0.263 e. The van der Waals surface area contributed by atoms with Gasteiger partial charge in [0.05, 0.1) is 10.6 Å². The van der Waals surface area contributed by atoms with E-state index in [4.69, 9.17) is 0 Å². The lowest BCUT2D eigenvalue weighted by Gasteiger charge is -2.29. The summed E-state index contributed by atoms with van der Waals surface area (Å²) in [6.07, 6.45) is 0. The summed E-state index contributed by atoms with van der Waals surface area (Å²) in [5.41, 5.74) is 2.46. The average molecular weight is 362 g/mol. The van der Waals surface area contributed by atoms with Crippen molar-refractivity contribution in [2.45, 2.75) is 45.6 Å². The fourth-order valence-electron chi connectivity index (χ4n) is 2.74. The highest BCUT2D eigenvalue weighted by Crippen LogP contribution is 2.34. The van der Waals surface area contributed by atoms with Crippen LogP contribution < -0.4 is 4.31 Å². The lowest BCUT2D eigenvalue weighted by Crippen LogP contribution is -2.37. The Kier molecular flexibility index (Phi) is 5.17. The summed E-state index contributed by atoms with van der Waals surface area (Å²) in [6.45, 7) is 8.89. The number of hydrogen-bond donors (Lipinski definition) is 0. The minimum absolute atomic E-state index is 0.294. The lowest BCUT2D eigenvalue weighted by molar-refractivity contribution is -0.387. The molecule has 0 aliphatic carbocycles. The normalized spacial score (nSPS) is 11.6. The van der Waals surface area contributed by atoms with Gasteiger partial charge in [-0.3, -0.25) is 14.4 Å². The summed E-state index contributed by atoms with van der Waals surface area (Å²) in [4.78, 5) is 10.4. The number of nitro groups is 1. The van der Waals surface area contributed by atoms with E-state index in [-0.39, 0.29) is 4.90 Å². The third kappa shape index (κ3) is 3.66. The highest BCUT2D eigenvalue weighted by Gasteiger charge is 2.34. The maximum Gasteiger partial charge on any atom is 0.290 e. The van der Waals surface area contributed by atoms with Crippen LogP contribution in [-0.4, -0.2) is 19.4 Å². The molecule has 0 fully saturated rings. The first-order valence-electron chi connectivity index (χ1n) is 7.92. The smallest absolute Gasteiger partial charge is 0.263 e.